The molecule has 3 aromatic rings. The summed E-state index contributed by atoms with van der Waals surface area (Å²) >= 11 is 0. The van der Waals surface area contributed by atoms with Crippen molar-refractivity contribution in [3.63, 3.8) is 0 Å². The van der Waals surface area contributed by atoms with Crippen LogP contribution in [-0.4, -0.2) is 39.1 Å². The maximum atomic E-state index is 12.9. The monoisotopic (exact) mass is 470 g/mol. The molecule has 0 amide bonds. The van der Waals surface area contributed by atoms with Crippen molar-refractivity contribution >= 4 is 0 Å². The second-order valence-corrected chi connectivity index (χ2v) is 9.38. The number of halogens is 3. The minimum absolute atomic E-state index is 0.0526. The van der Waals surface area contributed by atoms with Crippen LogP contribution in [0.25, 0.3) is 11.3 Å². The van der Waals surface area contributed by atoms with E-state index in [1.54, 1.807) is 24.4 Å². The smallest absolute Gasteiger partial charge is 0.302 e. The molecule has 6 nitrogen and oxygen atoms in total. The fraction of sp³-hybridized carbons (Fsp3) is 0.400. The van der Waals surface area contributed by atoms with E-state index >= 15 is 0 Å². The largest absolute Gasteiger partial charge is 0.416 e. The predicted molar refractivity (Wildman–Crippen MR) is 122 cm³/mol. The van der Waals surface area contributed by atoms with Crippen molar-refractivity contribution < 1.29 is 13.2 Å². The third-order valence-corrected chi connectivity index (χ3v) is 7.05. The van der Waals surface area contributed by atoms with E-state index in [-0.39, 0.29) is 5.41 Å². The number of benzene rings is 1. The van der Waals surface area contributed by atoms with Gasteiger partial charge in [-0.1, -0.05) is 18.2 Å². The molecule has 178 valence electrons. The van der Waals surface area contributed by atoms with Crippen LogP contribution in [0.5, 0.6) is 0 Å². The van der Waals surface area contributed by atoms with Gasteiger partial charge in [-0.25, -0.2) is 4.79 Å². The lowest BCUT2D eigenvalue weighted by atomic mass is 9.94. The Bertz CT molecular complexity index is 1330. The Labute approximate surface area is 194 Å². The standard InChI is InChI=1S/C25H25F3N4O2/c1-16-4-2-5-21(29-16)20-14-32(23(34)30-22(20)33)11-3-10-31-13-19-12-24(19,15-31)17-6-8-18(9-7-17)25(26,27)28/h2,4-9,14,19H,3,10-13,15H2,1H3,(H,30,33,34)/t19-,24+/m0/s1. The Kier molecular flexibility index (Phi) is 5.47. The summed E-state index contributed by atoms with van der Waals surface area (Å²) in [5.41, 5.74) is 1.04. The molecular formula is C25H25F3N4O2. The van der Waals surface area contributed by atoms with Crippen molar-refractivity contribution in [3.05, 3.63) is 86.3 Å². The van der Waals surface area contributed by atoms with Crippen LogP contribution in [0.4, 0.5) is 13.2 Å². The number of rotatable bonds is 6. The van der Waals surface area contributed by atoms with Crippen LogP contribution < -0.4 is 11.2 Å². The highest BCUT2D eigenvalue weighted by molar-refractivity contribution is 5.56. The van der Waals surface area contributed by atoms with E-state index in [0.717, 1.165) is 37.3 Å². The van der Waals surface area contributed by atoms with E-state index in [4.69, 9.17) is 0 Å². The average Bonchev–Trinajstić information content (AvgIpc) is 3.36. The predicted octanol–water partition coefficient (Wildman–Crippen LogP) is 3.59. The molecular weight excluding hydrogens is 445 g/mol. The molecule has 1 saturated carbocycles. The lowest BCUT2D eigenvalue weighted by molar-refractivity contribution is -0.137. The van der Waals surface area contributed by atoms with Crippen LogP contribution in [0.2, 0.25) is 0 Å². The van der Waals surface area contributed by atoms with Gasteiger partial charge in [0.05, 0.1) is 16.8 Å². The minimum Gasteiger partial charge on any atom is -0.302 e. The second-order valence-electron chi connectivity index (χ2n) is 9.38. The summed E-state index contributed by atoms with van der Waals surface area (Å²) in [5.74, 6) is 0.457. The zero-order valence-electron chi connectivity index (χ0n) is 18.7. The molecule has 1 aliphatic carbocycles. The molecule has 0 unspecified atom stereocenters. The van der Waals surface area contributed by atoms with E-state index in [1.807, 2.05) is 19.1 Å². The van der Waals surface area contributed by atoms with Gasteiger partial charge in [0.2, 0.25) is 0 Å². The average molecular weight is 470 g/mol. The van der Waals surface area contributed by atoms with Crippen LogP contribution >= 0.6 is 0 Å². The van der Waals surface area contributed by atoms with Crippen LogP contribution in [0, 0.1) is 12.8 Å². The van der Waals surface area contributed by atoms with Crippen LogP contribution in [-0.2, 0) is 18.1 Å². The highest BCUT2D eigenvalue weighted by Gasteiger charge is 2.60. The van der Waals surface area contributed by atoms with E-state index in [9.17, 15) is 22.8 Å². The minimum atomic E-state index is -4.32. The van der Waals surface area contributed by atoms with Gasteiger partial charge in [0.25, 0.3) is 5.56 Å². The molecule has 0 bridgehead atoms. The maximum Gasteiger partial charge on any atom is 0.416 e. The molecule has 0 spiro atoms. The molecule has 1 N–H and O–H groups in total. The zero-order valence-corrected chi connectivity index (χ0v) is 18.7. The van der Waals surface area contributed by atoms with Crippen LogP contribution in [0.3, 0.4) is 0 Å². The van der Waals surface area contributed by atoms with Gasteiger partial charge in [-0.15, -0.1) is 0 Å². The number of nitrogens with zero attached hydrogens (tertiary/aromatic N) is 3. The number of hydrogen-bond acceptors (Lipinski definition) is 4. The number of nitrogens with one attached hydrogen (secondary N) is 1. The number of aromatic amines is 1. The number of pyridine rings is 1. The fourth-order valence-electron chi connectivity index (χ4n) is 5.21. The van der Waals surface area contributed by atoms with Crippen molar-refractivity contribution in [1.82, 2.24) is 19.4 Å². The zero-order chi connectivity index (χ0) is 24.1. The van der Waals surface area contributed by atoms with Crippen molar-refractivity contribution in [2.45, 2.75) is 37.9 Å². The molecule has 2 atom stereocenters. The molecule has 9 heteroatoms. The van der Waals surface area contributed by atoms with Gasteiger partial charge in [-0.3, -0.25) is 19.3 Å². The number of H-pyrrole nitrogens is 1. The molecule has 5 rings (SSSR count). The topological polar surface area (TPSA) is 71.0 Å². The Hall–Kier alpha value is -3.20. The number of aromatic nitrogens is 3. The summed E-state index contributed by atoms with van der Waals surface area (Å²) in [6, 6.07) is 11.0. The van der Waals surface area contributed by atoms with Gasteiger partial charge >= 0.3 is 11.9 Å². The van der Waals surface area contributed by atoms with Gasteiger partial charge in [-0.2, -0.15) is 13.2 Å². The highest BCUT2D eigenvalue weighted by atomic mass is 19.4. The van der Waals surface area contributed by atoms with Crippen LogP contribution in [0.1, 0.15) is 29.7 Å². The number of alkyl halides is 3. The second kappa shape index (κ2) is 8.23. The highest BCUT2D eigenvalue weighted by Crippen LogP contribution is 2.59. The Morgan fingerprint density at radius 3 is 2.59 bits per heavy atom. The summed E-state index contributed by atoms with van der Waals surface area (Å²) in [5, 5.41) is 0. The SMILES string of the molecule is Cc1cccc(-c2cn(CCCN3C[C@@H]4C[C@]4(c4ccc(C(F)(F)F)cc4)C3)c(=O)[nH]c2=O)n1. The lowest BCUT2D eigenvalue weighted by Crippen LogP contribution is -2.32. The van der Waals surface area contributed by atoms with E-state index < -0.39 is 23.0 Å². The molecule has 34 heavy (non-hydrogen) atoms. The van der Waals surface area contributed by atoms with Crippen LogP contribution in [0.15, 0.2) is 58.3 Å². The van der Waals surface area contributed by atoms with Crippen molar-refractivity contribution in [3.8, 4) is 11.3 Å². The van der Waals surface area contributed by atoms with Gasteiger partial charge in [0.1, 0.15) is 0 Å². The molecule has 2 aliphatic rings. The number of hydrogen-bond donors (Lipinski definition) is 1. The summed E-state index contributed by atoms with van der Waals surface area (Å²) in [7, 11) is 0. The maximum absolute atomic E-state index is 12.9. The summed E-state index contributed by atoms with van der Waals surface area (Å²) in [6.07, 6.45) is -1.05. The van der Waals surface area contributed by atoms with E-state index in [2.05, 4.69) is 14.9 Å². The first-order valence-electron chi connectivity index (χ1n) is 11.3. The molecule has 3 heterocycles. The first-order chi connectivity index (χ1) is 16.2. The van der Waals surface area contributed by atoms with Crippen molar-refractivity contribution in [2.75, 3.05) is 19.6 Å². The molecule has 1 aromatic carbocycles. The third-order valence-electron chi connectivity index (χ3n) is 7.05. The number of fused-ring (bicyclic) bond motifs is 1. The van der Waals surface area contributed by atoms with E-state index in [0.29, 0.717) is 30.1 Å². The molecule has 2 fully saturated rings. The normalized spacial score (nSPS) is 22.1. The Balaban J connectivity index is 1.23. The fourth-order valence-corrected chi connectivity index (χ4v) is 5.21. The van der Waals surface area contributed by atoms with E-state index in [1.165, 1.54) is 16.7 Å². The molecule has 1 saturated heterocycles. The Morgan fingerprint density at radius 1 is 1.12 bits per heavy atom. The summed E-state index contributed by atoms with van der Waals surface area (Å²) in [6.45, 7) is 4.76. The third kappa shape index (κ3) is 4.20. The van der Waals surface area contributed by atoms with Crippen molar-refractivity contribution in [1.29, 1.82) is 0 Å². The van der Waals surface area contributed by atoms with Gasteiger partial charge in [0, 0.05) is 36.9 Å². The van der Waals surface area contributed by atoms with Crippen molar-refractivity contribution in [2.24, 2.45) is 5.92 Å². The summed E-state index contributed by atoms with van der Waals surface area (Å²) in [4.78, 5) is 33.7. The molecule has 0 radical (unpaired) electrons. The quantitative estimate of drug-likeness (QED) is 0.598. The number of piperidine rings is 1. The number of aryl methyl sites for hydroxylation is 2. The molecule has 1 aliphatic heterocycles. The summed E-state index contributed by atoms with van der Waals surface area (Å²) < 4.78 is 40.1. The number of likely N-dealkylation sites (tertiary alicyclic amines) is 1. The van der Waals surface area contributed by atoms with Gasteiger partial charge < -0.3 is 4.90 Å². The Morgan fingerprint density at radius 2 is 1.88 bits per heavy atom. The first-order valence-corrected chi connectivity index (χ1v) is 11.3. The van der Waals surface area contributed by atoms with Gasteiger partial charge in [0.15, 0.2) is 0 Å². The first kappa shape index (κ1) is 22.6. The van der Waals surface area contributed by atoms with Gasteiger partial charge in [-0.05, 0) is 62.1 Å². The molecule has 2 aromatic heterocycles. The lowest BCUT2D eigenvalue weighted by Gasteiger charge is -2.21.